The molecule has 0 unspecified atom stereocenters. The predicted molar refractivity (Wildman–Crippen MR) is 78.2 cm³/mol. The monoisotopic (exact) mass is 260 g/mol. The lowest BCUT2D eigenvalue weighted by atomic mass is 10.1. The Labute approximate surface area is 116 Å². The highest BCUT2D eigenvalue weighted by atomic mass is 16.1. The van der Waals surface area contributed by atoms with E-state index in [1.54, 1.807) is 0 Å². The van der Waals surface area contributed by atoms with Gasteiger partial charge in [-0.2, -0.15) is 0 Å². The van der Waals surface area contributed by atoms with Crippen molar-refractivity contribution in [2.75, 3.05) is 26.2 Å². The van der Waals surface area contributed by atoms with Crippen LogP contribution >= 0.6 is 0 Å². The van der Waals surface area contributed by atoms with E-state index in [4.69, 9.17) is 0 Å². The van der Waals surface area contributed by atoms with Crippen LogP contribution in [0.25, 0.3) is 0 Å². The average Bonchev–Trinajstić information content (AvgIpc) is 2.88. The number of nitrogens with one attached hydrogen (secondary N) is 1. The van der Waals surface area contributed by atoms with E-state index in [0.29, 0.717) is 6.42 Å². The van der Waals surface area contributed by atoms with Crippen molar-refractivity contribution in [2.45, 2.75) is 32.6 Å². The van der Waals surface area contributed by atoms with E-state index >= 15 is 0 Å². The summed E-state index contributed by atoms with van der Waals surface area (Å²) in [5, 5.41) is 3.01. The molecule has 104 valence electrons. The number of carbonyl (C=O) groups excluding carboxylic acids is 1. The van der Waals surface area contributed by atoms with Crippen LogP contribution in [0, 0.1) is 6.92 Å². The molecular formula is C16H24N2O. The highest BCUT2D eigenvalue weighted by Gasteiger charge is 2.10. The number of amides is 1. The molecule has 0 atom stereocenters. The summed E-state index contributed by atoms with van der Waals surface area (Å²) >= 11 is 0. The molecule has 1 aromatic carbocycles. The molecule has 1 saturated heterocycles. The number of benzene rings is 1. The van der Waals surface area contributed by atoms with Gasteiger partial charge in [0.05, 0.1) is 6.42 Å². The van der Waals surface area contributed by atoms with Crippen LogP contribution in [-0.4, -0.2) is 37.0 Å². The van der Waals surface area contributed by atoms with Gasteiger partial charge in [0.2, 0.25) is 5.91 Å². The number of aryl methyl sites for hydroxylation is 1. The molecule has 1 aliphatic heterocycles. The van der Waals surface area contributed by atoms with Gasteiger partial charge in [-0.05, 0) is 51.4 Å². The van der Waals surface area contributed by atoms with Crippen LogP contribution in [0.4, 0.5) is 0 Å². The van der Waals surface area contributed by atoms with Crippen molar-refractivity contribution in [3.63, 3.8) is 0 Å². The van der Waals surface area contributed by atoms with Crippen molar-refractivity contribution in [1.29, 1.82) is 0 Å². The van der Waals surface area contributed by atoms with Gasteiger partial charge in [0.1, 0.15) is 0 Å². The molecule has 3 heteroatoms. The summed E-state index contributed by atoms with van der Waals surface area (Å²) in [6.07, 6.45) is 4.21. The van der Waals surface area contributed by atoms with Crippen LogP contribution in [-0.2, 0) is 11.2 Å². The Kier molecular flexibility index (Phi) is 5.40. The van der Waals surface area contributed by atoms with Gasteiger partial charge in [-0.3, -0.25) is 4.79 Å². The third-order valence-corrected chi connectivity index (χ3v) is 3.62. The minimum absolute atomic E-state index is 0.132. The summed E-state index contributed by atoms with van der Waals surface area (Å²) in [5.74, 6) is 0.132. The summed E-state index contributed by atoms with van der Waals surface area (Å²) in [4.78, 5) is 14.3. The smallest absolute Gasteiger partial charge is 0.224 e. The van der Waals surface area contributed by atoms with Gasteiger partial charge in [-0.15, -0.1) is 0 Å². The fourth-order valence-electron chi connectivity index (χ4n) is 2.61. The molecule has 1 N–H and O–H groups in total. The minimum Gasteiger partial charge on any atom is -0.356 e. The molecule has 2 rings (SSSR count). The van der Waals surface area contributed by atoms with Gasteiger partial charge in [-0.25, -0.2) is 0 Å². The Morgan fingerprint density at radius 3 is 2.84 bits per heavy atom. The zero-order valence-corrected chi connectivity index (χ0v) is 11.8. The summed E-state index contributed by atoms with van der Waals surface area (Å²) in [5.41, 5.74) is 2.30. The molecule has 0 aromatic heterocycles. The first-order chi connectivity index (χ1) is 9.24. The van der Waals surface area contributed by atoms with Crippen LogP contribution in [0.2, 0.25) is 0 Å². The SMILES string of the molecule is Cc1cccc(CC(=O)NCCCN2CCCC2)c1. The van der Waals surface area contributed by atoms with E-state index in [9.17, 15) is 4.79 Å². The van der Waals surface area contributed by atoms with Crippen molar-refractivity contribution < 1.29 is 4.79 Å². The molecule has 19 heavy (non-hydrogen) atoms. The van der Waals surface area contributed by atoms with E-state index in [1.807, 2.05) is 12.1 Å². The fraction of sp³-hybridized carbons (Fsp3) is 0.562. The number of rotatable bonds is 6. The first kappa shape index (κ1) is 14.1. The molecular weight excluding hydrogens is 236 g/mol. The molecule has 1 aliphatic rings. The quantitative estimate of drug-likeness (QED) is 0.795. The van der Waals surface area contributed by atoms with E-state index in [2.05, 4.69) is 29.3 Å². The molecule has 0 radical (unpaired) electrons. The first-order valence-corrected chi connectivity index (χ1v) is 7.28. The number of nitrogens with zero attached hydrogens (tertiary/aromatic N) is 1. The lowest BCUT2D eigenvalue weighted by Crippen LogP contribution is -2.29. The van der Waals surface area contributed by atoms with Crippen LogP contribution in [0.15, 0.2) is 24.3 Å². The lowest BCUT2D eigenvalue weighted by Gasteiger charge is -2.14. The minimum atomic E-state index is 0.132. The van der Waals surface area contributed by atoms with Crippen molar-refractivity contribution in [2.24, 2.45) is 0 Å². The Bertz CT molecular complexity index is 411. The first-order valence-electron chi connectivity index (χ1n) is 7.28. The molecule has 1 fully saturated rings. The average molecular weight is 260 g/mol. The molecule has 0 saturated carbocycles. The van der Waals surface area contributed by atoms with E-state index in [0.717, 1.165) is 25.1 Å². The maximum Gasteiger partial charge on any atom is 0.224 e. The van der Waals surface area contributed by atoms with Crippen molar-refractivity contribution in [1.82, 2.24) is 10.2 Å². The summed E-state index contributed by atoms with van der Waals surface area (Å²) in [6, 6.07) is 8.14. The van der Waals surface area contributed by atoms with E-state index in [-0.39, 0.29) is 5.91 Å². The van der Waals surface area contributed by atoms with E-state index in [1.165, 1.54) is 31.5 Å². The van der Waals surface area contributed by atoms with Gasteiger partial charge in [0.25, 0.3) is 0 Å². The molecule has 0 spiro atoms. The van der Waals surface area contributed by atoms with Crippen LogP contribution in [0.5, 0.6) is 0 Å². The second-order valence-corrected chi connectivity index (χ2v) is 5.42. The second kappa shape index (κ2) is 7.29. The molecule has 1 amide bonds. The number of likely N-dealkylation sites (tertiary alicyclic amines) is 1. The van der Waals surface area contributed by atoms with Gasteiger partial charge >= 0.3 is 0 Å². The lowest BCUT2D eigenvalue weighted by molar-refractivity contribution is -0.120. The largest absolute Gasteiger partial charge is 0.356 e. The summed E-state index contributed by atoms with van der Waals surface area (Å²) < 4.78 is 0. The van der Waals surface area contributed by atoms with Gasteiger partial charge in [0.15, 0.2) is 0 Å². The standard InChI is InChI=1S/C16H24N2O/c1-14-6-4-7-15(12-14)13-16(19)17-8-5-11-18-9-2-3-10-18/h4,6-7,12H,2-3,5,8-11,13H2,1H3,(H,17,19). The normalized spacial score (nSPS) is 15.6. The fourth-order valence-corrected chi connectivity index (χ4v) is 2.61. The van der Waals surface area contributed by atoms with Crippen LogP contribution < -0.4 is 5.32 Å². The molecule has 1 heterocycles. The molecule has 0 aliphatic carbocycles. The van der Waals surface area contributed by atoms with Gasteiger partial charge < -0.3 is 10.2 Å². The Hall–Kier alpha value is -1.35. The highest BCUT2D eigenvalue weighted by Crippen LogP contribution is 2.07. The third kappa shape index (κ3) is 5.03. The van der Waals surface area contributed by atoms with Crippen molar-refractivity contribution >= 4 is 5.91 Å². The second-order valence-electron chi connectivity index (χ2n) is 5.42. The maximum absolute atomic E-state index is 11.8. The number of carbonyl (C=O) groups is 1. The molecule has 1 aromatic rings. The van der Waals surface area contributed by atoms with Gasteiger partial charge in [-0.1, -0.05) is 29.8 Å². The molecule has 3 nitrogen and oxygen atoms in total. The maximum atomic E-state index is 11.8. The highest BCUT2D eigenvalue weighted by molar-refractivity contribution is 5.78. The molecule has 0 bridgehead atoms. The number of hydrogen-bond donors (Lipinski definition) is 1. The van der Waals surface area contributed by atoms with Crippen molar-refractivity contribution in [3.05, 3.63) is 35.4 Å². The third-order valence-electron chi connectivity index (χ3n) is 3.62. The Morgan fingerprint density at radius 2 is 2.11 bits per heavy atom. The predicted octanol–water partition coefficient (Wildman–Crippen LogP) is 2.14. The summed E-state index contributed by atoms with van der Waals surface area (Å²) in [6.45, 7) is 6.43. The Balaban J connectivity index is 1.61. The van der Waals surface area contributed by atoms with Crippen LogP contribution in [0.3, 0.4) is 0 Å². The van der Waals surface area contributed by atoms with Crippen molar-refractivity contribution in [3.8, 4) is 0 Å². The number of hydrogen-bond acceptors (Lipinski definition) is 2. The Morgan fingerprint density at radius 1 is 1.32 bits per heavy atom. The van der Waals surface area contributed by atoms with Gasteiger partial charge in [0, 0.05) is 6.54 Å². The van der Waals surface area contributed by atoms with Crippen LogP contribution in [0.1, 0.15) is 30.4 Å². The summed E-state index contributed by atoms with van der Waals surface area (Å²) in [7, 11) is 0. The zero-order valence-electron chi connectivity index (χ0n) is 11.8. The zero-order chi connectivity index (χ0) is 13.5. The van der Waals surface area contributed by atoms with E-state index < -0.39 is 0 Å². The topological polar surface area (TPSA) is 32.3 Å².